The van der Waals surface area contributed by atoms with Crippen molar-refractivity contribution in [1.82, 2.24) is 0 Å². The molecule has 0 aliphatic carbocycles. The third-order valence-corrected chi connectivity index (χ3v) is 2.61. The molecular weight excluding hydrogens is 181 g/mol. The van der Waals surface area contributed by atoms with Gasteiger partial charge in [-0.25, -0.2) is 0 Å². The molecule has 0 fully saturated rings. The number of unbranched alkanes of at least 4 members (excludes halogenated alkanes) is 5. The summed E-state index contributed by atoms with van der Waals surface area (Å²) in [5.41, 5.74) is 0. The van der Waals surface area contributed by atoms with E-state index in [2.05, 4.69) is 6.92 Å². The van der Waals surface area contributed by atoms with Gasteiger partial charge in [0, 0.05) is 0 Å². The highest BCUT2D eigenvalue weighted by Gasteiger charge is 2.16. The molecule has 0 saturated heterocycles. The van der Waals surface area contributed by atoms with E-state index in [4.69, 9.17) is 0 Å². The third-order valence-electron chi connectivity index (χ3n) is 1.77. The van der Waals surface area contributed by atoms with Crippen LogP contribution >= 0.6 is 7.76 Å². The monoisotopic (exact) mass is 198 g/mol. The van der Waals surface area contributed by atoms with Gasteiger partial charge in [0.1, 0.15) is 0 Å². The van der Waals surface area contributed by atoms with Crippen molar-refractivity contribution in [2.24, 2.45) is 0 Å². The molecule has 12 heavy (non-hydrogen) atoms. The Morgan fingerprint density at radius 1 is 1.00 bits per heavy atom. The van der Waals surface area contributed by atoms with Crippen molar-refractivity contribution < 1.29 is 13.0 Å². The third kappa shape index (κ3) is 10.1. The van der Waals surface area contributed by atoms with Crippen LogP contribution in [0.1, 0.15) is 45.4 Å². The Morgan fingerprint density at radius 2 is 1.50 bits per heavy atom. The van der Waals surface area contributed by atoms with Crippen LogP contribution in [0.5, 0.6) is 0 Å². The van der Waals surface area contributed by atoms with E-state index in [1.807, 2.05) is 0 Å². The van der Waals surface area contributed by atoms with Crippen LogP contribution in [0.3, 0.4) is 0 Å². The Hall–Kier alpha value is 0.0900. The second-order valence-corrected chi connectivity index (χ2v) is 4.65. The first kappa shape index (κ1) is 12.1. The largest absolute Gasteiger partial charge is 0.402 e. The fourth-order valence-corrected chi connectivity index (χ4v) is 1.67. The number of hydrogen-bond donors (Lipinski definition) is 0. The molecule has 74 valence electrons. The minimum atomic E-state index is -4.72. The molecule has 0 unspecified atom stereocenters. The molecule has 0 atom stereocenters. The first-order valence-electron chi connectivity index (χ1n) is 4.54. The van der Waals surface area contributed by atoms with Gasteiger partial charge in [0.15, 0.2) is 0 Å². The molecule has 0 bridgehead atoms. The van der Waals surface area contributed by atoms with Crippen LogP contribution in [0, 0.1) is 0 Å². The van der Waals surface area contributed by atoms with Crippen molar-refractivity contribution in [3.8, 4) is 0 Å². The Labute approximate surface area is 73.2 Å². The molecule has 0 amide bonds. The summed E-state index contributed by atoms with van der Waals surface area (Å²) in [5, 5.41) is 0. The fourth-order valence-electron chi connectivity index (χ4n) is 1.08. The van der Waals surface area contributed by atoms with Crippen molar-refractivity contribution in [2.75, 3.05) is 6.16 Å². The normalized spacial score (nSPS) is 11.9. The topological polar surface area (TPSA) is 17.1 Å². The predicted molar refractivity (Wildman–Crippen MR) is 48.1 cm³/mol. The van der Waals surface area contributed by atoms with E-state index in [-0.39, 0.29) is 6.16 Å². The van der Waals surface area contributed by atoms with Crippen molar-refractivity contribution in [3.05, 3.63) is 0 Å². The summed E-state index contributed by atoms with van der Waals surface area (Å²) in [5.74, 6) is 0. The molecule has 0 rings (SSSR count). The van der Waals surface area contributed by atoms with Crippen molar-refractivity contribution in [2.45, 2.75) is 45.4 Å². The highest BCUT2D eigenvalue weighted by molar-refractivity contribution is 7.52. The summed E-state index contributed by atoms with van der Waals surface area (Å²) >= 11 is 0. The molecule has 0 aromatic carbocycles. The average Bonchev–Trinajstić information content (AvgIpc) is 1.94. The number of rotatable bonds is 7. The van der Waals surface area contributed by atoms with Crippen LogP contribution in [0.15, 0.2) is 0 Å². The Morgan fingerprint density at radius 3 is 2.00 bits per heavy atom. The zero-order chi connectivity index (χ0) is 9.45. The van der Waals surface area contributed by atoms with E-state index in [0.717, 1.165) is 25.7 Å². The Balaban J connectivity index is 3.06. The van der Waals surface area contributed by atoms with Crippen molar-refractivity contribution in [1.29, 1.82) is 0 Å². The summed E-state index contributed by atoms with van der Waals surface area (Å²) in [6.07, 6.45) is 5.24. The lowest BCUT2D eigenvalue weighted by atomic mass is 10.1. The van der Waals surface area contributed by atoms with Gasteiger partial charge in [0.25, 0.3) is 0 Å². The lowest BCUT2D eigenvalue weighted by molar-refractivity contribution is 0.489. The molecular formula is C8H17F2OP. The van der Waals surface area contributed by atoms with Crippen LogP contribution in [-0.4, -0.2) is 6.16 Å². The smallest absolute Gasteiger partial charge is 0.250 e. The Kier molecular flexibility index (Phi) is 6.64. The zero-order valence-electron chi connectivity index (χ0n) is 7.56. The van der Waals surface area contributed by atoms with E-state index >= 15 is 0 Å². The van der Waals surface area contributed by atoms with Gasteiger partial charge in [-0.3, -0.25) is 4.57 Å². The molecule has 0 aromatic heterocycles. The van der Waals surface area contributed by atoms with E-state index in [1.54, 1.807) is 0 Å². The van der Waals surface area contributed by atoms with Gasteiger partial charge in [-0.05, 0) is 6.42 Å². The summed E-state index contributed by atoms with van der Waals surface area (Å²) in [4.78, 5) is 0. The first-order valence-corrected chi connectivity index (χ1v) is 6.22. The fraction of sp³-hybridized carbons (Fsp3) is 1.00. The minimum absolute atomic E-state index is 0.390. The van der Waals surface area contributed by atoms with E-state index in [1.165, 1.54) is 6.42 Å². The molecule has 1 nitrogen and oxygen atoms in total. The maximum Gasteiger partial charge on any atom is 0.402 e. The summed E-state index contributed by atoms with van der Waals surface area (Å²) in [7, 11) is -4.72. The second-order valence-electron chi connectivity index (χ2n) is 3.06. The maximum absolute atomic E-state index is 11.9. The van der Waals surface area contributed by atoms with Gasteiger partial charge < -0.3 is 0 Å². The molecule has 0 heterocycles. The lowest BCUT2D eigenvalue weighted by Gasteiger charge is -1.99. The van der Waals surface area contributed by atoms with Gasteiger partial charge in [0.05, 0.1) is 6.16 Å². The van der Waals surface area contributed by atoms with Crippen LogP contribution in [0.25, 0.3) is 0 Å². The molecule has 0 spiro atoms. The van der Waals surface area contributed by atoms with Crippen molar-refractivity contribution in [3.63, 3.8) is 0 Å². The summed E-state index contributed by atoms with van der Waals surface area (Å²) < 4.78 is 33.7. The Bertz CT molecular complexity index is 144. The SMILES string of the molecule is CCCCCCCCP(=O)(F)F. The lowest BCUT2D eigenvalue weighted by Crippen LogP contribution is -1.82. The number of halogens is 2. The maximum atomic E-state index is 11.9. The molecule has 0 N–H and O–H groups in total. The molecule has 0 saturated carbocycles. The standard InChI is InChI=1S/C8H17F2OP/c1-2-3-4-5-6-7-8-12(9,10)11/h2-8H2,1H3. The zero-order valence-corrected chi connectivity index (χ0v) is 8.46. The molecule has 4 heteroatoms. The predicted octanol–water partition coefficient (Wildman–Crippen LogP) is 4.48. The summed E-state index contributed by atoms with van der Waals surface area (Å²) in [6.45, 7) is 2.11. The van der Waals surface area contributed by atoms with Crippen LogP contribution in [-0.2, 0) is 4.57 Å². The van der Waals surface area contributed by atoms with Gasteiger partial charge in [-0.2, -0.15) is 8.39 Å². The second kappa shape index (κ2) is 6.59. The van der Waals surface area contributed by atoms with Gasteiger partial charge in [-0.1, -0.05) is 39.0 Å². The molecule has 0 aliphatic heterocycles. The van der Waals surface area contributed by atoms with Crippen LogP contribution in [0.2, 0.25) is 0 Å². The first-order chi connectivity index (χ1) is 5.56. The van der Waals surface area contributed by atoms with E-state index in [9.17, 15) is 13.0 Å². The molecule has 0 aliphatic rings. The average molecular weight is 198 g/mol. The number of hydrogen-bond acceptors (Lipinski definition) is 1. The summed E-state index contributed by atoms with van der Waals surface area (Å²) in [6, 6.07) is 0. The highest BCUT2D eigenvalue weighted by atomic mass is 31.2. The van der Waals surface area contributed by atoms with Gasteiger partial charge in [0.2, 0.25) is 0 Å². The van der Waals surface area contributed by atoms with Crippen LogP contribution in [0.4, 0.5) is 8.39 Å². The quantitative estimate of drug-likeness (QED) is 0.435. The molecule has 0 aromatic rings. The van der Waals surface area contributed by atoms with Gasteiger partial charge in [-0.15, -0.1) is 0 Å². The van der Waals surface area contributed by atoms with Gasteiger partial charge >= 0.3 is 7.76 Å². The van der Waals surface area contributed by atoms with E-state index < -0.39 is 7.76 Å². The van der Waals surface area contributed by atoms with Crippen LogP contribution < -0.4 is 0 Å². The van der Waals surface area contributed by atoms with E-state index in [0.29, 0.717) is 6.42 Å². The highest BCUT2D eigenvalue weighted by Crippen LogP contribution is 2.49. The minimum Gasteiger partial charge on any atom is -0.250 e. The van der Waals surface area contributed by atoms with Crippen molar-refractivity contribution >= 4 is 7.76 Å². The molecule has 0 radical (unpaired) electrons.